The lowest BCUT2D eigenvalue weighted by Gasteiger charge is -2.10. The Morgan fingerprint density at radius 3 is 3.00 bits per heavy atom. The molecule has 1 atom stereocenters. The quantitative estimate of drug-likeness (QED) is 0.722. The summed E-state index contributed by atoms with van der Waals surface area (Å²) in [6.07, 6.45) is 0.592. The maximum absolute atomic E-state index is 11.7. The van der Waals surface area contributed by atoms with E-state index in [4.69, 9.17) is 21.1 Å². The van der Waals surface area contributed by atoms with E-state index in [1.807, 2.05) is 0 Å². The van der Waals surface area contributed by atoms with Crippen LogP contribution in [0.2, 0.25) is 4.34 Å². The summed E-state index contributed by atoms with van der Waals surface area (Å²) in [5.74, 6) is 0.0527. The molecule has 16 heavy (non-hydrogen) atoms. The zero-order valence-corrected chi connectivity index (χ0v) is 9.81. The Kier molecular flexibility index (Phi) is 2.27. The van der Waals surface area contributed by atoms with Crippen LogP contribution in [0.5, 0.6) is 0 Å². The third-order valence-electron chi connectivity index (χ3n) is 2.67. The Bertz CT molecular complexity index is 476. The Balaban J connectivity index is 1.96. The summed E-state index contributed by atoms with van der Waals surface area (Å²) < 4.78 is 11.0. The van der Waals surface area contributed by atoms with Gasteiger partial charge in [-0.1, -0.05) is 11.6 Å². The summed E-state index contributed by atoms with van der Waals surface area (Å²) in [6, 6.07) is 3.56. The topological polar surface area (TPSA) is 47.9 Å². The molecule has 0 N–H and O–H groups in total. The predicted octanol–water partition coefficient (Wildman–Crippen LogP) is 1.86. The predicted molar refractivity (Wildman–Crippen MR) is 60.1 cm³/mol. The van der Waals surface area contributed by atoms with E-state index >= 15 is 0 Å². The minimum atomic E-state index is -0.800. The van der Waals surface area contributed by atoms with Crippen LogP contribution in [0, 0.1) is 0 Å². The van der Waals surface area contributed by atoms with Gasteiger partial charge in [-0.3, -0.25) is 0 Å². The van der Waals surface area contributed by atoms with Crippen molar-refractivity contribution < 1.29 is 14.3 Å². The number of cyclic esters (lactones) is 1. The molecule has 3 heterocycles. The molecule has 1 saturated heterocycles. The van der Waals surface area contributed by atoms with Gasteiger partial charge in [0.15, 0.2) is 5.54 Å². The molecule has 1 spiro atoms. The van der Waals surface area contributed by atoms with Gasteiger partial charge >= 0.3 is 5.97 Å². The van der Waals surface area contributed by atoms with E-state index < -0.39 is 5.54 Å². The van der Waals surface area contributed by atoms with Crippen LogP contribution in [-0.2, 0) is 14.3 Å². The van der Waals surface area contributed by atoms with Crippen LogP contribution in [0.1, 0.15) is 11.3 Å². The maximum atomic E-state index is 11.7. The number of carbonyl (C=O) groups excluding carboxylic acids is 1. The van der Waals surface area contributed by atoms with E-state index in [0.29, 0.717) is 29.9 Å². The molecule has 0 amide bonds. The number of carbonyl (C=O) groups is 1. The molecule has 1 unspecified atom stereocenters. The normalized spacial score (nSPS) is 28.6. The minimum absolute atomic E-state index is 0.314. The number of nitrogens with zero attached hydrogens (tertiary/aromatic N) is 1. The largest absolute Gasteiger partial charge is 0.404 e. The first kappa shape index (κ1) is 10.3. The van der Waals surface area contributed by atoms with Gasteiger partial charge in [-0.15, -0.1) is 11.3 Å². The van der Waals surface area contributed by atoms with Crippen LogP contribution in [0.25, 0.3) is 0 Å². The number of aliphatic imine (C=N–C) groups is 1. The molecule has 3 rings (SSSR count). The molecular weight excluding hydrogens is 250 g/mol. The molecule has 6 heteroatoms. The first-order valence-corrected chi connectivity index (χ1v) is 6.05. The Hall–Kier alpha value is -0.910. The molecule has 4 nitrogen and oxygen atoms in total. The van der Waals surface area contributed by atoms with Gasteiger partial charge in [0, 0.05) is 13.0 Å². The second-order valence-electron chi connectivity index (χ2n) is 3.74. The van der Waals surface area contributed by atoms with Crippen molar-refractivity contribution >= 4 is 34.8 Å². The van der Waals surface area contributed by atoms with Crippen molar-refractivity contribution in [2.45, 2.75) is 12.0 Å². The number of hydrogen-bond donors (Lipinski definition) is 0. The van der Waals surface area contributed by atoms with Gasteiger partial charge in [0.25, 0.3) is 0 Å². The highest BCUT2D eigenvalue weighted by atomic mass is 35.5. The van der Waals surface area contributed by atoms with Gasteiger partial charge in [0.05, 0.1) is 15.8 Å². The van der Waals surface area contributed by atoms with Crippen molar-refractivity contribution in [2.75, 3.05) is 13.2 Å². The fourth-order valence-electron chi connectivity index (χ4n) is 1.78. The summed E-state index contributed by atoms with van der Waals surface area (Å²) in [4.78, 5) is 16.9. The molecule has 0 radical (unpaired) electrons. The van der Waals surface area contributed by atoms with Crippen LogP contribution >= 0.6 is 22.9 Å². The van der Waals surface area contributed by atoms with Gasteiger partial charge in [-0.2, -0.15) is 0 Å². The van der Waals surface area contributed by atoms with Gasteiger partial charge in [0.2, 0.25) is 5.90 Å². The summed E-state index contributed by atoms with van der Waals surface area (Å²) >= 11 is 7.17. The third kappa shape index (κ3) is 1.47. The molecule has 0 saturated carbocycles. The van der Waals surface area contributed by atoms with Crippen LogP contribution in [0.15, 0.2) is 17.1 Å². The monoisotopic (exact) mass is 257 g/mol. The van der Waals surface area contributed by atoms with Gasteiger partial charge < -0.3 is 9.47 Å². The van der Waals surface area contributed by atoms with E-state index in [9.17, 15) is 4.79 Å². The molecule has 0 aromatic carbocycles. The van der Waals surface area contributed by atoms with Crippen molar-refractivity contribution in [3.63, 3.8) is 0 Å². The number of ether oxygens (including phenoxy) is 2. The number of rotatable bonds is 1. The zero-order chi connectivity index (χ0) is 11.2. The SMILES string of the molecule is O=C1OC(c2ccc(Cl)s2)=NC12CCOC2. The molecule has 0 bridgehead atoms. The molecular formula is C10H8ClNO3S. The molecule has 1 fully saturated rings. The molecule has 0 aliphatic carbocycles. The van der Waals surface area contributed by atoms with E-state index in [2.05, 4.69) is 4.99 Å². The lowest BCUT2D eigenvalue weighted by atomic mass is 10.0. The standard InChI is InChI=1S/C10H8ClNO3S/c11-7-2-1-6(16-7)8-12-10(9(13)15-8)3-4-14-5-10/h1-2H,3-5H2. The second-order valence-corrected chi connectivity index (χ2v) is 5.46. The van der Waals surface area contributed by atoms with Gasteiger partial charge in [0.1, 0.15) is 0 Å². The smallest absolute Gasteiger partial charge is 0.343 e. The second kappa shape index (κ2) is 3.55. The number of thiophene rings is 1. The molecule has 2 aliphatic rings. The molecule has 1 aromatic heterocycles. The van der Waals surface area contributed by atoms with Crippen molar-refractivity contribution in [3.8, 4) is 0 Å². The highest BCUT2D eigenvalue weighted by Gasteiger charge is 2.49. The fraction of sp³-hybridized carbons (Fsp3) is 0.400. The number of esters is 1. The Morgan fingerprint density at radius 2 is 2.38 bits per heavy atom. The van der Waals surface area contributed by atoms with Crippen LogP contribution in [-0.4, -0.2) is 30.6 Å². The molecule has 84 valence electrons. The van der Waals surface area contributed by atoms with E-state index in [0.717, 1.165) is 4.88 Å². The Morgan fingerprint density at radius 1 is 1.50 bits per heavy atom. The van der Waals surface area contributed by atoms with Crippen LogP contribution in [0.3, 0.4) is 0 Å². The van der Waals surface area contributed by atoms with Crippen molar-refractivity contribution in [2.24, 2.45) is 4.99 Å². The van der Waals surface area contributed by atoms with Crippen molar-refractivity contribution in [3.05, 3.63) is 21.3 Å². The molecule has 1 aromatic rings. The zero-order valence-electron chi connectivity index (χ0n) is 8.23. The Labute approximate surface area is 101 Å². The lowest BCUT2D eigenvalue weighted by Crippen LogP contribution is -2.33. The van der Waals surface area contributed by atoms with Crippen molar-refractivity contribution in [1.82, 2.24) is 0 Å². The van der Waals surface area contributed by atoms with E-state index in [-0.39, 0.29) is 5.97 Å². The summed E-state index contributed by atoms with van der Waals surface area (Å²) in [5.41, 5.74) is -0.800. The summed E-state index contributed by atoms with van der Waals surface area (Å²) in [5, 5.41) is 0. The number of halogens is 1. The first-order chi connectivity index (χ1) is 7.70. The highest BCUT2D eigenvalue weighted by molar-refractivity contribution is 7.18. The van der Waals surface area contributed by atoms with E-state index in [1.54, 1.807) is 12.1 Å². The van der Waals surface area contributed by atoms with Crippen molar-refractivity contribution in [1.29, 1.82) is 0 Å². The average Bonchev–Trinajstić information content (AvgIpc) is 2.92. The van der Waals surface area contributed by atoms with Crippen LogP contribution < -0.4 is 0 Å². The van der Waals surface area contributed by atoms with Gasteiger partial charge in [-0.05, 0) is 12.1 Å². The average molecular weight is 258 g/mol. The van der Waals surface area contributed by atoms with Crippen LogP contribution in [0.4, 0.5) is 0 Å². The number of hydrogen-bond acceptors (Lipinski definition) is 5. The summed E-state index contributed by atoms with van der Waals surface area (Å²) in [6.45, 7) is 0.867. The minimum Gasteiger partial charge on any atom is -0.404 e. The molecule has 2 aliphatic heterocycles. The summed E-state index contributed by atoms with van der Waals surface area (Å²) in [7, 11) is 0. The fourth-order valence-corrected chi connectivity index (χ4v) is 2.75. The maximum Gasteiger partial charge on any atom is 0.343 e. The first-order valence-electron chi connectivity index (χ1n) is 4.85. The lowest BCUT2D eigenvalue weighted by molar-refractivity contribution is -0.138. The van der Waals surface area contributed by atoms with E-state index in [1.165, 1.54) is 11.3 Å². The van der Waals surface area contributed by atoms with Gasteiger partial charge in [-0.25, -0.2) is 9.79 Å². The highest BCUT2D eigenvalue weighted by Crippen LogP contribution is 2.33. The third-order valence-corrected chi connectivity index (χ3v) is 3.89.